The van der Waals surface area contributed by atoms with Gasteiger partial charge in [0.05, 0.1) is 17.8 Å². The lowest BCUT2D eigenvalue weighted by Crippen LogP contribution is -2.57. The van der Waals surface area contributed by atoms with Gasteiger partial charge in [-0.05, 0) is 162 Å². The number of ether oxygens (including phenoxy) is 5. The predicted molar refractivity (Wildman–Crippen MR) is 265 cm³/mol. The van der Waals surface area contributed by atoms with Gasteiger partial charge in [-0.3, -0.25) is 14.4 Å². The van der Waals surface area contributed by atoms with Gasteiger partial charge in [0, 0.05) is 34.1 Å². The fraction of sp³-hybridized carbons (Fsp3) is 0.727. The molecule has 77 heavy (non-hydrogen) atoms. The predicted octanol–water partition coefficient (Wildman–Crippen LogP) is 9.88. The van der Waals surface area contributed by atoms with Crippen molar-refractivity contribution in [1.82, 2.24) is 0 Å². The van der Waals surface area contributed by atoms with E-state index in [1.807, 2.05) is 0 Å². The van der Waals surface area contributed by atoms with Crippen LogP contribution in [0.3, 0.4) is 0 Å². The average molecular weight is 1110 g/mol. The Morgan fingerprint density at radius 2 is 0.922 bits per heavy atom. The van der Waals surface area contributed by atoms with Crippen molar-refractivity contribution in [2.24, 2.45) is 47.3 Å². The van der Waals surface area contributed by atoms with Gasteiger partial charge in [0.25, 0.3) is 0 Å². The van der Waals surface area contributed by atoms with E-state index in [2.05, 4.69) is 26.3 Å². The van der Waals surface area contributed by atoms with Crippen LogP contribution in [0, 0.1) is 47.3 Å². The van der Waals surface area contributed by atoms with Gasteiger partial charge in [-0.15, -0.1) is 0 Å². The van der Waals surface area contributed by atoms with Crippen LogP contribution in [-0.2, 0) is 57.2 Å². The first kappa shape index (κ1) is 66.0. The minimum absolute atomic E-state index is 0.0752. The van der Waals surface area contributed by atoms with E-state index in [0.717, 1.165) is 49.9 Å². The summed E-state index contributed by atoms with van der Waals surface area (Å²) in [6.07, 6.45) is 0.337. The second kappa shape index (κ2) is 27.6. The Labute approximate surface area is 446 Å². The summed E-state index contributed by atoms with van der Waals surface area (Å²) in [4.78, 5) is 79.7. The third kappa shape index (κ3) is 19.0. The molecule has 7 aliphatic rings. The Kier molecular flexibility index (Phi) is 23.6. The zero-order valence-electron chi connectivity index (χ0n) is 45.0. The molecule has 7 aliphatic carbocycles. The summed E-state index contributed by atoms with van der Waals surface area (Å²) in [6, 6.07) is 0. The highest BCUT2D eigenvalue weighted by Crippen LogP contribution is 2.57. The van der Waals surface area contributed by atoms with Crippen LogP contribution in [0.25, 0.3) is 0 Å². The standard InChI is InChI=1S/C16H22F6O4.C15H20O8.C14H20O2.C10H16O2/c1-8(2)12(23)26-11-6-9(13(3,24)15(17,18)19)5-10(7-11)14(4,25)16(20,21)22;1-8(2)14(20)22-5-6-23-15(21)10-4-3-9(12(16)17)7-11(10)13(18)19;1-9(2)13(15)16-14-6-10-3-11(7-14)5-12(4-10)8-14;1-8(2)10(11)12-9-6-4-3-5-7-9/h9-11,24-25H,1,5-7H2,2-4H3;9-11H,1,3-7H2,2H3,(H,16,17)(H,18,19);10-12H,1,3-8H2,2H3;9H,1,3-7H2,2H3. The van der Waals surface area contributed by atoms with E-state index < -0.39 is 108 Å². The summed E-state index contributed by atoms with van der Waals surface area (Å²) in [6.45, 7) is 20.7. The van der Waals surface area contributed by atoms with Gasteiger partial charge in [0.2, 0.25) is 0 Å². The minimum Gasteiger partial charge on any atom is -0.481 e. The monoisotopic (exact) mass is 1110 g/mol. The van der Waals surface area contributed by atoms with E-state index in [1.54, 1.807) is 13.8 Å². The Balaban J connectivity index is 0.000000280. The Bertz CT molecular complexity index is 2100. The van der Waals surface area contributed by atoms with Crippen molar-refractivity contribution in [3.63, 3.8) is 0 Å². The number of esters is 5. The van der Waals surface area contributed by atoms with Gasteiger partial charge in [-0.25, -0.2) is 19.2 Å². The lowest BCUT2D eigenvalue weighted by molar-refractivity contribution is -0.299. The SMILES string of the molecule is C=C(C)C(=O)OC12CC3CC(CC(C3)C1)C2.C=C(C)C(=O)OC1CC(C(C)(O)C(F)(F)F)CC(C(C)(O)C(F)(F)F)C1.C=C(C)C(=O)OC1CCCCC1.C=C(C)C(=O)OCCOC(=O)C1CCC(C(=O)O)CC1C(=O)O. The maximum atomic E-state index is 13.1. The number of alkyl halides is 6. The second-order valence-corrected chi connectivity index (χ2v) is 22.4. The van der Waals surface area contributed by atoms with Crippen LogP contribution in [0.15, 0.2) is 48.6 Å². The van der Waals surface area contributed by atoms with E-state index in [0.29, 0.717) is 25.0 Å². The van der Waals surface area contributed by atoms with Gasteiger partial charge < -0.3 is 44.1 Å². The highest BCUT2D eigenvalue weighted by molar-refractivity contribution is 5.88. The Morgan fingerprint density at radius 1 is 0.506 bits per heavy atom. The van der Waals surface area contributed by atoms with Gasteiger partial charge >= 0.3 is 54.1 Å². The molecule has 0 aromatic carbocycles. The molecule has 7 rings (SSSR count). The largest absolute Gasteiger partial charge is 0.481 e. The summed E-state index contributed by atoms with van der Waals surface area (Å²) >= 11 is 0. The fourth-order valence-corrected chi connectivity index (χ4v) is 11.3. The van der Waals surface area contributed by atoms with Crippen molar-refractivity contribution in [2.45, 2.75) is 192 Å². The summed E-state index contributed by atoms with van der Waals surface area (Å²) < 4.78 is 104. The van der Waals surface area contributed by atoms with Crippen molar-refractivity contribution >= 4 is 41.8 Å². The molecule has 0 aromatic rings. The molecule has 7 atom stereocenters. The van der Waals surface area contributed by atoms with Crippen molar-refractivity contribution in [3.8, 4) is 0 Å². The fourth-order valence-electron chi connectivity index (χ4n) is 11.3. The molecule has 0 aromatic heterocycles. The number of carbonyl (C=O) groups excluding carboxylic acids is 5. The second-order valence-electron chi connectivity index (χ2n) is 22.4. The van der Waals surface area contributed by atoms with E-state index in [-0.39, 0.29) is 67.3 Å². The molecule has 7 saturated carbocycles. The molecule has 0 heterocycles. The van der Waals surface area contributed by atoms with E-state index >= 15 is 0 Å². The van der Waals surface area contributed by atoms with E-state index in [4.69, 9.17) is 28.8 Å². The molecule has 0 radical (unpaired) electrons. The molecule has 7 unspecified atom stereocenters. The Hall–Kier alpha value is -5.25. The highest BCUT2D eigenvalue weighted by atomic mass is 19.4. The number of rotatable bonds is 15. The summed E-state index contributed by atoms with van der Waals surface area (Å²) in [7, 11) is 0. The number of aliphatic hydroxyl groups is 2. The maximum absolute atomic E-state index is 13.1. The topological polar surface area (TPSA) is 247 Å². The number of hydrogen-bond acceptors (Lipinski definition) is 14. The first-order valence-electron chi connectivity index (χ1n) is 26.1. The van der Waals surface area contributed by atoms with Gasteiger partial charge in [0.1, 0.15) is 31.0 Å². The number of aliphatic carboxylic acids is 2. The maximum Gasteiger partial charge on any atom is 0.417 e. The number of carboxylic acid groups (broad SMARTS) is 2. The number of carboxylic acids is 2. The van der Waals surface area contributed by atoms with Crippen LogP contribution >= 0.6 is 0 Å². The van der Waals surface area contributed by atoms with Crippen molar-refractivity contribution in [3.05, 3.63) is 48.6 Å². The van der Waals surface area contributed by atoms with Crippen LogP contribution in [0.1, 0.15) is 151 Å². The smallest absolute Gasteiger partial charge is 0.417 e. The molecule has 4 bridgehead atoms. The molecule has 16 nitrogen and oxygen atoms in total. The molecule has 0 spiro atoms. The van der Waals surface area contributed by atoms with Crippen LogP contribution < -0.4 is 0 Å². The number of hydrogen-bond donors (Lipinski definition) is 4. The Morgan fingerprint density at radius 3 is 1.31 bits per heavy atom. The first-order valence-corrected chi connectivity index (χ1v) is 26.1. The van der Waals surface area contributed by atoms with Crippen LogP contribution in [0.4, 0.5) is 26.3 Å². The molecule has 436 valence electrons. The zero-order valence-corrected chi connectivity index (χ0v) is 45.0. The molecular weight excluding hydrogens is 1030 g/mol. The van der Waals surface area contributed by atoms with E-state index in [9.17, 15) is 75.2 Å². The molecule has 4 N–H and O–H groups in total. The van der Waals surface area contributed by atoms with Crippen molar-refractivity contribution < 1.29 is 104 Å². The van der Waals surface area contributed by atoms with Crippen molar-refractivity contribution in [2.75, 3.05) is 13.2 Å². The quantitative estimate of drug-likeness (QED) is 0.0392. The van der Waals surface area contributed by atoms with Crippen LogP contribution in [0.5, 0.6) is 0 Å². The third-order valence-electron chi connectivity index (χ3n) is 15.6. The minimum atomic E-state index is -5.10. The lowest BCUT2D eigenvalue weighted by atomic mass is 9.54. The molecular formula is C55H78F6O16. The first-order chi connectivity index (χ1) is 35.4. The van der Waals surface area contributed by atoms with Crippen LogP contribution in [-0.4, -0.2) is 117 Å². The highest BCUT2D eigenvalue weighted by Gasteiger charge is 2.62. The normalized spacial score (nSPS) is 29.1. The van der Waals surface area contributed by atoms with Gasteiger partial charge in [-0.2, -0.15) is 26.3 Å². The zero-order chi connectivity index (χ0) is 58.6. The number of halogens is 6. The lowest BCUT2D eigenvalue weighted by Gasteiger charge is -2.55. The molecule has 7 fully saturated rings. The van der Waals surface area contributed by atoms with Gasteiger partial charge in [-0.1, -0.05) is 32.7 Å². The molecule has 0 amide bonds. The molecule has 0 aliphatic heterocycles. The molecule has 22 heteroatoms. The summed E-state index contributed by atoms with van der Waals surface area (Å²) in [5, 5.41) is 37.9. The number of carbonyl (C=O) groups is 7. The molecule has 0 saturated heterocycles. The summed E-state index contributed by atoms with van der Waals surface area (Å²) in [5.41, 5.74) is -5.54. The third-order valence-corrected chi connectivity index (χ3v) is 15.6. The summed E-state index contributed by atoms with van der Waals surface area (Å²) in [5.74, 6) is -8.64. The van der Waals surface area contributed by atoms with Gasteiger partial charge in [0.15, 0.2) is 11.2 Å². The average Bonchev–Trinajstić information content (AvgIpc) is 3.31. The van der Waals surface area contributed by atoms with Crippen LogP contribution in [0.2, 0.25) is 0 Å². The van der Waals surface area contributed by atoms with Crippen molar-refractivity contribution in [1.29, 1.82) is 0 Å². The van der Waals surface area contributed by atoms with E-state index in [1.165, 1.54) is 52.4 Å².